The van der Waals surface area contributed by atoms with E-state index < -0.39 is 10.0 Å². The lowest BCUT2D eigenvalue weighted by Crippen LogP contribution is -2.40. The molecule has 0 aliphatic carbocycles. The van der Waals surface area contributed by atoms with Crippen molar-refractivity contribution in [2.45, 2.75) is 13.3 Å². The van der Waals surface area contributed by atoms with Crippen molar-refractivity contribution in [1.82, 2.24) is 5.32 Å². The maximum Gasteiger partial charge on any atom is 0.240 e. The molecule has 2 aromatic rings. The minimum absolute atomic E-state index is 0.262. The summed E-state index contributed by atoms with van der Waals surface area (Å²) in [4.78, 5) is 12.2. The van der Waals surface area contributed by atoms with E-state index in [-0.39, 0.29) is 12.5 Å². The van der Waals surface area contributed by atoms with Crippen LogP contribution in [0.5, 0.6) is 5.75 Å². The van der Waals surface area contributed by atoms with Crippen LogP contribution in [0, 0.1) is 0 Å². The highest BCUT2D eigenvalue weighted by atomic mass is 32.2. The molecule has 6 nitrogen and oxygen atoms in total. The van der Waals surface area contributed by atoms with Crippen molar-refractivity contribution in [2.24, 2.45) is 0 Å². The molecular weight excluding hydrogens is 352 g/mol. The first kappa shape index (κ1) is 19.8. The number of nitrogens with one attached hydrogen (secondary N) is 1. The van der Waals surface area contributed by atoms with Gasteiger partial charge in [-0.15, -0.1) is 0 Å². The second-order valence-electron chi connectivity index (χ2n) is 5.78. The van der Waals surface area contributed by atoms with Crippen LogP contribution in [-0.4, -0.2) is 40.3 Å². The molecule has 1 N–H and O–H groups in total. The second-order valence-corrected chi connectivity index (χ2v) is 7.69. The first-order valence-corrected chi connectivity index (χ1v) is 10.3. The Kier molecular flexibility index (Phi) is 7.03. The zero-order chi connectivity index (χ0) is 19.0. The maximum atomic E-state index is 12.2. The highest BCUT2D eigenvalue weighted by molar-refractivity contribution is 7.92. The Morgan fingerprint density at radius 3 is 2.31 bits per heavy atom. The normalized spacial score (nSPS) is 11.0. The van der Waals surface area contributed by atoms with Gasteiger partial charge in [0.15, 0.2) is 0 Å². The van der Waals surface area contributed by atoms with Crippen LogP contribution in [0.15, 0.2) is 54.6 Å². The molecule has 0 saturated heterocycles. The average Bonchev–Trinajstić information content (AvgIpc) is 2.61. The Bertz CT molecular complexity index is 805. The zero-order valence-corrected chi connectivity index (χ0v) is 15.8. The minimum Gasteiger partial charge on any atom is -0.494 e. The number of amides is 1. The molecule has 1 amide bonds. The van der Waals surface area contributed by atoms with Gasteiger partial charge in [0.1, 0.15) is 12.3 Å². The fraction of sp³-hybridized carbons (Fsp3) is 0.316. The molecule has 7 heteroatoms. The van der Waals surface area contributed by atoms with Gasteiger partial charge in [0.25, 0.3) is 0 Å². The first-order chi connectivity index (χ1) is 12.4. The highest BCUT2D eigenvalue weighted by Gasteiger charge is 2.20. The van der Waals surface area contributed by atoms with Gasteiger partial charge in [-0.05, 0) is 43.2 Å². The number of rotatable bonds is 9. The van der Waals surface area contributed by atoms with E-state index in [1.54, 1.807) is 24.3 Å². The summed E-state index contributed by atoms with van der Waals surface area (Å²) >= 11 is 0. The number of benzene rings is 2. The van der Waals surface area contributed by atoms with E-state index >= 15 is 0 Å². The summed E-state index contributed by atoms with van der Waals surface area (Å²) in [6.45, 7) is 2.58. The van der Waals surface area contributed by atoms with Crippen LogP contribution < -0.4 is 14.4 Å². The van der Waals surface area contributed by atoms with Crippen molar-refractivity contribution >= 4 is 21.6 Å². The van der Waals surface area contributed by atoms with Gasteiger partial charge in [-0.2, -0.15) is 0 Å². The zero-order valence-electron chi connectivity index (χ0n) is 15.0. The Balaban J connectivity index is 1.97. The molecule has 0 heterocycles. The van der Waals surface area contributed by atoms with E-state index in [0.717, 1.165) is 16.1 Å². The number of ether oxygens (including phenoxy) is 1. The second kappa shape index (κ2) is 9.24. The summed E-state index contributed by atoms with van der Waals surface area (Å²) in [7, 11) is -3.58. The van der Waals surface area contributed by atoms with E-state index in [4.69, 9.17) is 4.74 Å². The van der Waals surface area contributed by atoms with E-state index in [1.807, 2.05) is 37.3 Å². The largest absolute Gasteiger partial charge is 0.494 e. The molecule has 0 spiro atoms. The van der Waals surface area contributed by atoms with Crippen LogP contribution in [-0.2, 0) is 21.2 Å². The molecule has 2 aromatic carbocycles. The van der Waals surface area contributed by atoms with E-state index in [2.05, 4.69) is 5.32 Å². The van der Waals surface area contributed by atoms with Gasteiger partial charge < -0.3 is 10.1 Å². The summed E-state index contributed by atoms with van der Waals surface area (Å²) in [6.07, 6.45) is 1.77. The monoisotopic (exact) mass is 376 g/mol. The lowest BCUT2D eigenvalue weighted by Gasteiger charge is -2.22. The van der Waals surface area contributed by atoms with Gasteiger partial charge in [0.2, 0.25) is 15.9 Å². The standard InChI is InChI=1S/C19H24N2O4S/c1-3-25-18-11-9-17(10-12-18)21(26(2,23)24)15-19(22)20-14-13-16-7-5-4-6-8-16/h4-12H,3,13-15H2,1-2H3,(H,20,22). The van der Waals surface area contributed by atoms with Crippen molar-refractivity contribution in [2.75, 3.05) is 30.3 Å². The maximum absolute atomic E-state index is 12.2. The number of anilines is 1. The van der Waals surface area contributed by atoms with Crippen LogP contribution in [0.3, 0.4) is 0 Å². The number of hydrogen-bond donors (Lipinski definition) is 1. The van der Waals surface area contributed by atoms with E-state index in [9.17, 15) is 13.2 Å². The summed E-state index contributed by atoms with van der Waals surface area (Å²) in [5.41, 5.74) is 1.54. The predicted octanol–water partition coefficient (Wildman–Crippen LogP) is 2.21. The number of carbonyl (C=O) groups excluding carboxylic acids is 1. The Labute approximate surface area is 154 Å². The first-order valence-electron chi connectivity index (χ1n) is 8.41. The van der Waals surface area contributed by atoms with E-state index in [0.29, 0.717) is 31.0 Å². The van der Waals surface area contributed by atoms with Gasteiger partial charge in [0, 0.05) is 6.54 Å². The third kappa shape index (κ3) is 6.07. The topological polar surface area (TPSA) is 75.7 Å². The molecule has 2 rings (SSSR count). The highest BCUT2D eigenvalue weighted by Crippen LogP contribution is 2.21. The molecule has 0 aliphatic rings. The SMILES string of the molecule is CCOc1ccc(N(CC(=O)NCCc2ccccc2)S(C)(=O)=O)cc1. The molecule has 0 saturated carbocycles. The Morgan fingerprint density at radius 2 is 1.73 bits per heavy atom. The quantitative estimate of drug-likeness (QED) is 0.728. The van der Waals surface area contributed by atoms with Crippen molar-refractivity contribution in [3.05, 3.63) is 60.2 Å². The predicted molar refractivity (Wildman–Crippen MR) is 103 cm³/mol. The number of nitrogens with zero attached hydrogens (tertiary/aromatic N) is 1. The molecular formula is C19H24N2O4S. The molecule has 0 fully saturated rings. The molecule has 0 radical (unpaired) electrons. The van der Waals surface area contributed by atoms with Gasteiger partial charge >= 0.3 is 0 Å². The third-order valence-corrected chi connectivity index (χ3v) is 4.84. The fourth-order valence-electron chi connectivity index (χ4n) is 2.45. The lowest BCUT2D eigenvalue weighted by molar-refractivity contribution is -0.119. The van der Waals surface area contributed by atoms with Gasteiger partial charge in [-0.3, -0.25) is 9.10 Å². The number of hydrogen-bond acceptors (Lipinski definition) is 4. The fourth-order valence-corrected chi connectivity index (χ4v) is 3.31. The minimum atomic E-state index is -3.58. The van der Waals surface area contributed by atoms with Crippen LogP contribution >= 0.6 is 0 Å². The summed E-state index contributed by atoms with van der Waals surface area (Å²) in [6, 6.07) is 16.4. The third-order valence-electron chi connectivity index (χ3n) is 3.70. The molecule has 0 aliphatic heterocycles. The summed E-state index contributed by atoms with van der Waals surface area (Å²) in [5.74, 6) is 0.303. The average molecular weight is 376 g/mol. The van der Waals surface area contributed by atoms with Crippen LogP contribution in [0.2, 0.25) is 0 Å². The molecule has 0 bridgehead atoms. The lowest BCUT2D eigenvalue weighted by atomic mass is 10.1. The summed E-state index contributed by atoms with van der Waals surface area (Å²) in [5, 5.41) is 2.77. The van der Waals surface area contributed by atoms with Crippen molar-refractivity contribution in [3.8, 4) is 5.75 Å². The molecule has 0 atom stereocenters. The van der Waals surface area contributed by atoms with Crippen LogP contribution in [0.1, 0.15) is 12.5 Å². The Hall–Kier alpha value is -2.54. The van der Waals surface area contributed by atoms with Crippen molar-refractivity contribution in [3.63, 3.8) is 0 Å². The Morgan fingerprint density at radius 1 is 1.08 bits per heavy atom. The van der Waals surface area contributed by atoms with Gasteiger partial charge in [0.05, 0.1) is 18.6 Å². The van der Waals surface area contributed by atoms with Crippen molar-refractivity contribution < 1.29 is 17.9 Å². The van der Waals surface area contributed by atoms with Gasteiger partial charge in [-0.25, -0.2) is 8.42 Å². The molecule has 26 heavy (non-hydrogen) atoms. The van der Waals surface area contributed by atoms with Gasteiger partial charge in [-0.1, -0.05) is 30.3 Å². The van der Waals surface area contributed by atoms with E-state index in [1.165, 1.54) is 0 Å². The smallest absolute Gasteiger partial charge is 0.240 e. The van der Waals surface area contributed by atoms with Crippen LogP contribution in [0.4, 0.5) is 5.69 Å². The van der Waals surface area contributed by atoms with Crippen molar-refractivity contribution in [1.29, 1.82) is 0 Å². The summed E-state index contributed by atoms with van der Waals surface area (Å²) < 4.78 is 30.6. The number of carbonyl (C=O) groups is 1. The van der Waals surface area contributed by atoms with Crippen LogP contribution in [0.25, 0.3) is 0 Å². The molecule has 0 aromatic heterocycles. The molecule has 140 valence electrons. The molecule has 0 unspecified atom stereocenters. The number of sulfonamides is 1.